The molecule has 16 heavy (non-hydrogen) atoms. The summed E-state index contributed by atoms with van der Waals surface area (Å²) in [7, 11) is 1.86. The van der Waals surface area contributed by atoms with E-state index in [1.807, 2.05) is 25.4 Å². The van der Waals surface area contributed by atoms with Gasteiger partial charge in [-0.15, -0.1) is 0 Å². The minimum Gasteiger partial charge on any atom is -0.372 e. The minimum atomic E-state index is 0.754. The molecule has 0 fully saturated rings. The molecule has 0 atom stereocenters. The van der Waals surface area contributed by atoms with E-state index in [2.05, 4.69) is 56.9 Å². The number of nitrogens with one attached hydrogen (secondary N) is 1. The Bertz CT molecular complexity index is 494. The van der Waals surface area contributed by atoms with Crippen LogP contribution in [0.15, 0.2) is 30.5 Å². The maximum Gasteiger partial charge on any atom is 0.161 e. The number of halogens is 1. The number of aromatic nitrogens is 2. The third kappa shape index (κ3) is 2.32. The van der Waals surface area contributed by atoms with Crippen molar-refractivity contribution in [3.63, 3.8) is 0 Å². The summed E-state index contributed by atoms with van der Waals surface area (Å²) in [5.41, 5.74) is 2.28. The van der Waals surface area contributed by atoms with Crippen LogP contribution in [0.25, 0.3) is 11.4 Å². The van der Waals surface area contributed by atoms with Crippen molar-refractivity contribution in [3.05, 3.63) is 39.6 Å². The summed E-state index contributed by atoms with van der Waals surface area (Å²) in [6, 6.07) is 8.21. The third-order valence-electron chi connectivity index (χ3n) is 2.29. The van der Waals surface area contributed by atoms with Gasteiger partial charge in [-0.3, -0.25) is 0 Å². The first kappa shape index (κ1) is 11.3. The Kier molecular flexibility index (Phi) is 3.38. The van der Waals surface area contributed by atoms with Crippen molar-refractivity contribution in [1.82, 2.24) is 9.97 Å². The van der Waals surface area contributed by atoms with Crippen LogP contribution in [0.4, 0.5) is 5.82 Å². The molecule has 3 nitrogen and oxygen atoms in total. The topological polar surface area (TPSA) is 37.8 Å². The number of rotatable bonds is 2. The van der Waals surface area contributed by atoms with Gasteiger partial charge in [0.25, 0.3) is 0 Å². The molecule has 2 rings (SSSR count). The summed E-state index contributed by atoms with van der Waals surface area (Å²) in [4.78, 5) is 8.79. The Morgan fingerprint density at radius 1 is 1.19 bits per heavy atom. The van der Waals surface area contributed by atoms with Crippen molar-refractivity contribution in [3.8, 4) is 11.4 Å². The second-order valence-electron chi connectivity index (χ2n) is 3.51. The monoisotopic (exact) mass is 325 g/mol. The third-order valence-corrected chi connectivity index (χ3v) is 3.08. The average Bonchev–Trinajstić information content (AvgIpc) is 2.31. The maximum atomic E-state index is 4.46. The van der Waals surface area contributed by atoms with Gasteiger partial charge < -0.3 is 5.32 Å². The summed E-state index contributed by atoms with van der Waals surface area (Å²) in [5.74, 6) is 1.62. The molecule has 0 saturated carbocycles. The standard InChI is InChI=1S/C12H12IN3/c1-8-3-5-9(6-4-8)11-15-7-10(13)12(14-2)16-11/h3-7H,1-2H3,(H,14,15,16). The lowest BCUT2D eigenvalue weighted by Gasteiger charge is -2.05. The van der Waals surface area contributed by atoms with Crippen molar-refractivity contribution < 1.29 is 0 Å². The molecule has 0 bridgehead atoms. The molecule has 1 N–H and O–H groups in total. The van der Waals surface area contributed by atoms with Gasteiger partial charge in [0.1, 0.15) is 5.82 Å². The van der Waals surface area contributed by atoms with Gasteiger partial charge in [-0.2, -0.15) is 0 Å². The first-order valence-electron chi connectivity index (χ1n) is 4.98. The molecule has 0 saturated heterocycles. The molecule has 1 aromatic heterocycles. The van der Waals surface area contributed by atoms with Crippen molar-refractivity contribution in [1.29, 1.82) is 0 Å². The highest BCUT2D eigenvalue weighted by atomic mass is 127. The number of benzene rings is 1. The van der Waals surface area contributed by atoms with Crippen LogP contribution in [0.1, 0.15) is 5.56 Å². The smallest absolute Gasteiger partial charge is 0.161 e. The van der Waals surface area contributed by atoms with Crippen LogP contribution in [0.3, 0.4) is 0 Å². The summed E-state index contributed by atoms with van der Waals surface area (Å²) >= 11 is 2.21. The fourth-order valence-electron chi connectivity index (χ4n) is 1.38. The van der Waals surface area contributed by atoms with E-state index < -0.39 is 0 Å². The van der Waals surface area contributed by atoms with E-state index in [1.165, 1.54) is 5.56 Å². The van der Waals surface area contributed by atoms with Crippen LogP contribution in [0.5, 0.6) is 0 Å². The van der Waals surface area contributed by atoms with E-state index in [9.17, 15) is 0 Å². The van der Waals surface area contributed by atoms with Gasteiger partial charge in [-0.25, -0.2) is 9.97 Å². The Labute approximate surface area is 108 Å². The average molecular weight is 325 g/mol. The Balaban J connectivity index is 2.44. The molecule has 4 heteroatoms. The van der Waals surface area contributed by atoms with Crippen LogP contribution in [0, 0.1) is 10.5 Å². The zero-order valence-corrected chi connectivity index (χ0v) is 11.3. The molecule has 82 valence electrons. The van der Waals surface area contributed by atoms with E-state index in [1.54, 1.807) is 0 Å². The highest BCUT2D eigenvalue weighted by molar-refractivity contribution is 14.1. The van der Waals surface area contributed by atoms with E-state index in [-0.39, 0.29) is 0 Å². The highest BCUT2D eigenvalue weighted by Crippen LogP contribution is 2.20. The number of nitrogens with zero attached hydrogens (tertiary/aromatic N) is 2. The van der Waals surface area contributed by atoms with Crippen molar-refractivity contribution in [2.45, 2.75) is 6.92 Å². The predicted molar refractivity (Wildman–Crippen MR) is 74.5 cm³/mol. The number of hydrogen-bond donors (Lipinski definition) is 1. The van der Waals surface area contributed by atoms with Crippen LogP contribution in [0.2, 0.25) is 0 Å². The SMILES string of the molecule is CNc1nc(-c2ccc(C)cc2)ncc1I. The summed E-state index contributed by atoms with van der Waals surface area (Å²) < 4.78 is 1.02. The van der Waals surface area contributed by atoms with Crippen molar-refractivity contribution >= 4 is 28.4 Å². The lowest BCUT2D eigenvalue weighted by atomic mass is 10.1. The molecule has 0 aliphatic rings. The van der Waals surface area contributed by atoms with E-state index in [0.29, 0.717) is 0 Å². The zero-order valence-electron chi connectivity index (χ0n) is 9.16. The Morgan fingerprint density at radius 3 is 2.50 bits per heavy atom. The molecule has 0 unspecified atom stereocenters. The lowest BCUT2D eigenvalue weighted by Crippen LogP contribution is -1.99. The second kappa shape index (κ2) is 4.78. The summed E-state index contributed by atoms with van der Waals surface area (Å²) in [5, 5.41) is 3.06. The minimum absolute atomic E-state index is 0.754. The largest absolute Gasteiger partial charge is 0.372 e. The van der Waals surface area contributed by atoms with Crippen LogP contribution >= 0.6 is 22.6 Å². The molecule has 1 aromatic carbocycles. The predicted octanol–water partition coefficient (Wildman–Crippen LogP) is 3.10. The molecule has 2 aromatic rings. The number of anilines is 1. The van der Waals surface area contributed by atoms with Crippen molar-refractivity contribution in [2.24, 2.45) is 0 Å². The van der Waals surface area contributed by atoms with Gasteiger partial charge in [0.15, 0.2) is 5.82 Å². The van der Waals surface area contributed by atoms with E-state index >= 15 is 0 Å². The normalized spacial score (nSPS) is 10.2. The summed E-state index contributed by atoms with van der Waals surface area (Å²) in [6.45, 7) is 2.07. The van der Waals surface area contributed by atoms with Crippen molar-refractivity contribution in [2.75, 3.05) is 12.4 Å². The fraction of sp³-hybridized carbons (Fsp3) is 0.167. The molecular formula is C12H12IN3. The molecule has 1 heterocycles. The van der Waals surface area contributed by atoms with Crippen LogP contribution < -0.4 is 5.32 Å². The van der Waals surface area contributed by atoms with Gasteiger partial charge >= 0.3 is 0 Å². The van der Waals surface area contributed by atoms with Gasteiger partial charge in [0.05, 0.1) is 3.57 Å². The molecule has 0 aliphatic heterocycles. The Morgan fingerprint density at radius 2 is 1.88 bits per heavy atom. The number of hydrogen-bond acceptors (Lipinski definition) is 3. The van der Waals surface area contributed by atoms with Crippen LogP contribution in [-0.4, -0.2) is 17.0 Å². The zero-order chi connectivity index (χ0) is 11.5. The lowest BCUT2D eigenvalue weighted by molar-refractivity contribution is 1.15. The second-order valence-corrected chi connectivity index (χ2v) is 4.67. The molecule has 0 amide bonds. The molecular weight excluding hydrogens is 313 g/mol. The molecule has 0 spiro atoms. The van der Waals surface area contributed by atoms with E-state index in [4.69, 9.17) is 0 Å². The quantitative estimate of drug-likeness (QED) is 0.862. The van der Waals surface area contributed by atoms with Gasteiger partial charge in [0, 0.05) is 18.8 Å². The highest BCUT2D eigenvalue weighted by Gasteiger charge is 2.05. The van der Waals surface area contributed by atoms with E-state index in [0.717, 1.165) is 20.8 Å². The first-order chi connectivity index (χ1) is 7.70. The Hall–Kier alpha value is -1.17. The molecule has 0 radical (unpaired) electrons. The van der Waals surface area contributed by atoms with Gasteiger partial charge in [-0.1, -0.05) is 29.8 Å². The summed E-state index contributed by atoms with van der Waals surface area (Å²) in [6.07, 6.45) is 1.83. The van der Waals surface area contributed by atoms with Crippen LogP contribution in [-0.2, 0) is 0 Å². The number of aryl methyl sites for hydroxylation is 1. The van der Waals surface area contributed by atoms with Gasteiger partial charge in [-0.05, 0) is 29.5 Å². The fourth-order valence-corrected chi connectivity index (χ4v) is 1.91. The molecule has 0 aliphatic carbocycles. The van der Waals surface area contributed by atoms with Gasteiger partial charge in [0.2, 0.25) is 0 Å². The maximum absolute atomic E-state index is 4.46. The first-order valence-corrected chi connectivity index (χ1v) is 6.06.